The van der Waals surface area contributed by atoms with Gasteiger partial charge in [0.15, 0.2) is 0 Å². The fourth-order valence-electron chi connectivity index (χ4n) is 1.18. The normalized spacial score (nSPS) is 12.0. The first kappa shape index (κ1) is 12.9. The van der Waals surface area contributed by atoms with Crippen molar-refractivity contribution in [1.82, 2.24) is 4.31 Å². The molecule has 1 aromatic rings. The number of nitrogens with two attached hydrogens (primary N) is 1. The molecule has 0 fully saturated rings. The predicted molar refractivity (Wildman–Crippen MR) is 57.7 cm³/mol. The molecule has 0 aliphatic rings. The summed E-state index contributed by atoms with van der Waals surface area (Å²) in [4.78, 5) is -0.162. The second kappa shape index (κ2) is 4.77. The molecule has 0 spiro atoms. The molecule has 0 aliphatic carbocycles. The maximum absolute atomic E-state index is 12.8. The third-order valence-corrected chi connectivity index (χ3v) is 4.01. The van der Waals surface area contributed by atoms with E-state index in [0.29, 0.717) is 0 Å². The molecule has 0 radical (unpaired) electrons. The number of nitrogen functional groups attached to an aromatic ring is 1. The minimum Gasteiger partial charge on any atom is -0.398 e. The Morgan fingerprint density at radius 1 is 1.50 bits per heavy atom. The van der Waals surface area contributed by atoms with Crippen LogP contribution in [0.15, 0.2) is 23.1 Å². The molecule has 90 valence electrons. The summed E-state index contributed by atoms with van der Waals surface area (Å²) in [7, 11) is -2.45. The molecule has 5 nitrogen and oxygen atoms in total. The van der Waals surface area contributed by atoms with Gasteiger partial charge >= 0.3 is 0 Å². The second-order valence-electron chi connectivity index (χ2n) is 3.23. The Morgan fingerprint density at radius 2 is 2.12 bits per heavy atom. The van der Waals surface area contributed by atoms with Crippen LogP contribution in [-0.2, 0) is 10.0 Å². The number of nitrogens with zero attached hydrogens (tertiary/aromatic N) is 1. The van der Waals surface area contributed by atoms with Crippen LogP contribution >= 0.6 is 0 Å². The summed E-state index contributed by atoms with van der Waals surface area (Å²) < 4.78 is 37.4. The number of aliphatic hydroxyl groups excluding tert-OH is 1. The molecule has 0 aromatic heterocycles. The third kappa shape index (κ3) is 2.49. The topological polar surface area (TPSA) is 83.6 Å². The van der Waals surface area contributed by atoms with Crippen molar-refractivity contribution < 1.29 is 17.9 Å². The van der Waals surface area contributed by atoms with E-state index in [9.17, 15) is 12.8 Å². The Labute approximate surface area is 93.3 Å². The first-order chi connectivity index (χ1) is 7.39. The van der Waals surface area contributed by atoms with E-state index in [1.54, 1.807) is 0 Å². The summed E-state index contributed by atoms with van der Waals surface area (Å²) >= 11 is 0. The van der Waals surface area contributed by atoms with Crippen LogP contribution in [-0.4, -0.2) is 38.0 Å². The SMILES string of the molecule is CN(CCO)S(=O)(=O)c1ccc(F)cc1N. The number of aliphatic hydroxyl groups is 1. The van der Waals surface area contributed by atoms with Gasteiger partial charge in [0.05, 0.1) is 12.3 Å². The largest absolute Gasteiger partial charge is 0.398 e. The number of rotatable bonds is 4. The van der Waals surface area contributed by atoms with Gasteiger partial charge in [-0.3, -0.25) is 0 Å². The highest BCUT2D eigenvalue weighted by atomic mass is 32.2. The lowest BCUT2D eigenvalue weighted by atomic mass is 10.3. The number of hydrogen-bond acceptors (Lipinski definition) is 4. The maximum atomic E-state index is 12.8. The van der Waals surface area contributed by atoms with E-state index in [1.165, 1.54) is 7.05 Å². The van der Waals surface area contributed by atoms with E-state index in [-0.39, 0.29) is 23.7 Å². The number of benzene rings is 1. The molecule has 16 heavy (non-hydrogen) atoms. The highest BCUT2D eigenvalue weighted by Gasteiger charge is 2.22. The highest BCUT2D eigenvalue weighted by molar-refractivity contribution is 7.89. The van der Waals surface area contributed by atoms with Crippen molar-refractivity contribution in [1.29, 1.82) is 0 Å². The molecule has 0 unspecified atom stereocenters. The van der Waals surface area contributed by atoms with Crippen molar-refractivity contribution in [3.63, 3.8) is 0 Å². The van der Waals surface area contributed by atoms with Crippen LogP contribution in [0, 0.1) is 5.82 Å². The van der Waals surface area contributed by atoms with Gasteiger partial charge in [0.1, 0.15) is 10.7 Å². The minimum atomic E-state index is -3.77. The van der Waals surface area contributed by atoms with Crippen molar-refractivity contribution in [2.45, 2.75) is 4.90 Å². The molecule has 7 heteroatoms. The highest BCUT2D eigenvalue weighted by Crippen LogP contribution is 2.21. The van der Waals surface area contributed by atoms with Crippen LogP contribution in [0.4, 0.5) is 10.1 Å². The number of anilines is 1. The van der Waals surface area contributed by atoms with E-state index in [4.69, 9.17) is 10.8 Å². The summed E-state index contributed by atoms with van der Waals surface area (Å²) in [5, 5.41) is 8.66. The average molecular weight is 248 g/mol. The lowest BCUT2D eigenvalue weighted by Gasteiger charge is -2.16. The predicted octanol–water partition coefficient (Wildman–Crippen LogP) is 0.0207. The molecule has 1 aromatic carbocycles. The van der Waals surface area contributed by atoms with Gasteiger partial charge in [-0.15, -0.1) is 0 Å². The van der Waals surface area contributed by atoms with E-state index >= 15 is 0 Å². The fourth-order valence-corrected chi connectivity index (χ4v) is 2.44. The molecular weight excluding hydrogens is 235 g/mol. The number of sulfonamides is 1. The summed E-state index contributed by atoms with van der Waals surface area (Å²) in [6, 6.07) is 3.07. The van der Waals surface area contributed by atoms with Gasteiger partial charge in [-0.2, -0.15) is 4.31 Å². The van der Waals surface area contributed by atoms with Crippen molar-refractivity contribution in [2.75, 3.05) is 25.9 Å². The zero-order valence-corrected chi connectivity index (χ0v) is 9.54. The molecule has 0 bridgehead atoms. The van der Waals surface area contributed by atoms with Crippen molar-refractivity contribution >= 4 is 15.7 Å². The Balaban J connectivity index is 3.17. The standard InChI is InChI=1S/C9H13FN2O3S/c1-12(4-5-13)16(14,15)9-3-2-7(10)6-8(9)11/h2-3,6,13H,4-5,11H2,1H3. The molecule has 0 atom stereocenters. The van der Waals surface area contributed by atoms with Crippen LogP contribution in [0.1, 0.15) is 0 Å². The Bertz CT molecular complexity index is 476. The van der Waals surface area contributed by atoms with Gasteiger partial charge in [-0.1, -0.05) is 0 Å². The average Bonchev–Trinajstić information content (AvgIpc) is 2.17. The summed E-state index contributed by atoms with van der Waals surface area (Å²) in [5.74, 6) is -0.596. The van der Waals surface area contributed by atoms with Crippen LogP contribution in [0.3, 0.4) is 0 Å². The lowest BCUT2D eigenvalue weighted by molar-refractivity contribution is 0.266. The number of halogens is 1. The molecular formula is C9H13FN2O3S. The second-order valence-corrected chi connectivity index (χ2v) is 5.25. The Kier molecular flexibility index (Phi) is 3.84. The Hall–Kier alpha value is -1.18. The van der Waals surface area contributed by atoms with E-state index in [2.05, 4.69) is 0 Å². The molecule has 0 aliphatic heterocycles. The summed E-state index contributed by atoms with van der Waals surface area (Å²) in [6.07, 6.45) is 0. The van der Waals surface area contributed by atoms with Gasteiger partial charge in [-0.25, -0.2) is 12.8 Å². The monoisotopic (exact) mass is 248 g/mol. The summed E-state index contributed by atoms with van der Waals surface area (Å²) in [5.41, 5.74) is 5.28. The van der Waals surface area contributed by atoms with Crippen LogP contribution in [0.25, 0.3) is 0 Å². The molecule has 0 heterocycles. The van der Waals surface area contributed by atoms with Gasteiger partial charge in [0.2, 0.25) is 10.0 Å². The third-order valence-electron chi connectivity index (χ3n) is 2.07. The zero-order chi connectivity index (χ0) is 12.3. The fraction of sp³-hybridized carbons (Fsp3) is 0.333. The first-order valence-electron chi connectivity index (χ1n) is 4.52. The van der Waals surface area contributed by atoms with Crippen molar-refractivity contribution in [3.05, 3.63) is 24.0 Å². The molecule has 0 saturated heterocycles. The van der Waals surface area contributed by atoms with Crippen LogP contribution in [0.2, 0.25) is 0 Å². The van der Waals surface area contributed by atoms with E-state index < -0.39 is 15.8 Å². The molecule has 3 N–H and O–H groups in total. The van der Waals surface area contributed by atoms with Crippen molar-refractivity contribution in [2.24, 2.45) is 0 Å². The number of hydrogen-bond donors (Lipinski definition) is 2. The van der Waals surface area contributed by atoms with Crippen molar-refractivity contribution in [3.8, 4) is 0 Å². The molecule has 1 rings (SSSR count). The van der Waals surface area contributed by atoms with Gasteiger partial charge in [-0.05, 0) is 18.2 Å². The van der Waals surface area contributed by atoms with Crippen LogP contribution in [0.5, 0.6) is 0 Å². The molecule has 0 saturated carbocycles. The van der Waals surface area contributed by atoms with Gasteiger partial charge < -0.3 is 10.8 Å². The van der Waals surface area contributed by atoms with E-state index in [0.717, 1.165) is 22.5 Å². The smallest absolute Gasteiger partial charge is 0.244 e. The quantitative estimate of drug-likeness (QED) is 0.736. The van der Waals surface area contributed by atoms with E-state index in [1.807, 2.05) is 0 Å². The zero-order valence-electron chi connectivity index (χ0n) is 8.72. The van der Waals surface area contributed by atoms with Gasteiger partial charge in [0, 0.05) is 13.6 Å². The lowest BCUT2D eigenvalue weighted by Crippen LogP contribution is -2.30. The summed E-state index contributed by atoms with van der Waals surface area (Å²) in [6.45, 7) is -0.337. The van der Waals surface area contributed by atoms with Crippen LogP contribution < -0.4 is 5.73 Å². The van der Waals surface area contributed by atoms with Gasteiger partial charge in [0.25, 0.3) is 0 Å². The maximum Gasteiger partial charge on any atom is 0.244 e. The Morgan fingerprint density at radius 3 is 2.62 bits per heavy atom. The molecule has 0 amide bonds. The number of likely N-dealkylation sites (N-methyl/N-ethyl adjacent to an activating group) is 1. The minimum absolute atomic E-state index is 0.0425. The first-order valence-corrected chi connectivity index (χ1v) is 5.96.